The Morgan fingerprint density at radius 1 is 1.11 bits per heavy atom. The maximum Gasteiger partial charge on any atom is 0.431 e. The molecule has 0 fully saturated rings. The molecule has 0 saturated heterocycles. The van der Waals surface area contributed by atoms with Crippen molar-refractivity contribution in [2.75, 3.05) is 0 Å². The van der Waals surface area contributed by atoms with Crippen LogP contribution < -0.4 is 0 Å². The molecule has 0 aliphatic heterocycles. The number of hydrogen-bond acceptors (Lipinski definition) is 3. The molecule has 1 aromatic carbocycles. The van der Waals surface area contributed by atoms with Crippen molar-refractivity contribution in [3.8, 4) is 0 Å². The minimum absolute atomic E-state index is 0.186. The summed E-state index contributed by atoms with van der Waals surface area (Å²) >= 11 is -1.07. The van der Waals surface area contributed by atoms with Gasteiger partial charge in [0.05, 0.1) is 0 Å². The zero-order chi connectivity index (χ0) is 15.1. The van der Waals surface area contributed by atoms with Gasteiger partial charge in [0.2, 0.25) is 0 Å². The fraction of sp³-hybridized carbons (Fsp3) is 0.250. The minimum Gasteiger partial charge on any atom is -0.207 e. The van der Waals surface area contributed by atoms with Crippen molar-refractivity contribution in [3.05, 3.63) is 29.8 Å². The van der Waals surface area contributed by atoms with Crippen LogP contribution in [0.3, 0.4) is 0 Å². The van der Waals surface area contributed by atoms with E-state index in [9.17, 15) is 34.8 Å². The van der Waals surface area contributed by atoms with Crippen LogP contribution in [0.1, 0.15) is 0 Å². The van der Waals surface area contributed by atoms with Gasteiger partial charge in [-0.3, -0.25) is 0 Å². The molecule has 0 aliphatic rings. The number of hydrogen-bond donors (Lipinski definition) is 0. The molecule has 0 atom stereocenters. The van der Waals surface area contributed by atoms with Gasteiger partial charge in [-0.15, -0.1) is 0 Å². The minimum atomic E-state index is -5.93. The fourth-order valence-corrected chi connectivity index (χ4v) is 2.75. The van der Waals surface area contributed by atoms with E-state index in [1.165, 1.54) is 0 Å². The van der Waals surface area contributed by atoms with E-state index < -0.39 is 47.9 Å². The van der Waals surface area contributed by atoms with Crippen LogP contribution in [-0.4, -0.2) is 18.9 Å². The highest BCUT2D eigenvalue weighted by Crippen LogP contribution is 2.50. The summed E-state index contributed by atoms with van der Waals surface area (Å²) in [4.78, 5) is -1.05. The van der Waals surface area contributed by atoms with Crippen LogP contribution >= 0.6 is 22.4 Å². The second-order valence-electron chi connectivity index (χ2n) is 3.15. The molecule has 0 radical (unpaired) electrons. The zero-order valence-electron chi connectivity index (χ0n) is 8.51. The Morgan fingerprint density at radius 2 is 1.63 bits per heavy atom. The van der Waals surface area contributed by atoms with Gasteiger partial charge in [0.15, 0.2) is 0 Å². The van der Waals surface area contributed by atoms with E-state index in [0.29, 0.717) is 12.1 Å². The number of halogens is 7. The van der Waals surface area contributed by atoms with E-state index in [-0.39, 0.29) is 6.07 Å². The normalized spacial score (nSPS) is 13.6. The Balaban J connectivity index is 3.16. The molecule has 0 aliphatic carbocycles. The van der Waals surface area contributed by atoms with Crippen LogP contribution in [0, 0.1) is 11.6 Å². The van der Waals surface area contributed by atoms with E-state index >= 15 is 0 Å². The molecular weight excluding hydrogens is 342 g/mol. The van der Waals surface area contributed by atoms with Crippen molar-refractivity contribution in [1.29, 1.82) is 0 Å². The van der Waals surface area contributed by atoms with E-state index in [1.807, 2.05) is 0 Å². The van der Waals surface area contributed by atoms with Gasteiger partial charge in [0.25, 0.3) is 0 Å². The number of thioether (sulfide) groups is 1. The molecule has 108 valence electrons. The predicted molar refractivity (Wildman–Crippen MR) is 56.9 cm³/mol. The average Bonchev–Trinajstić information content (AvgIpc) is 2.20. The standard InChI is InChI=1S/C8H3ClF6O2S2/c9-19(16,17)8(14,15)7(12,13)18-6-2-1-4(10)3-5(6)11/h1-3H. The quantitative estimate of drug-likeness (QED) is 0.473. The summed E-state index contributed by atoms with van der Waals surface area (Å²) < 4.78 is 98.5. The van der Waals surface area contributed by atoms with Gasteiger partial charge in [-0.25, -0.2) is 17.2 Å². The molecule has 0 N–H and O–H groups in total. The number of benzene rings is 1. The third kappa shape index (κ3) is 3.29. The molecule has 19 heavy (non-hydrogen) atoms. The zero-order valence-corrected chi connectivity index (χ0v) is 10.9. The van der Waals surface area contributed by atoms with E-state index in [4.69, 9.17) is 0 Å². The third-order valence-corrected chi connectivity index (χ3v) is 4.42. The summed E-state index contributed by atoms with van der Waals surface area (Å²) in [5, 5.41) is -10.8. The van der Waals surface area contributed by atoms with Crippen LogP contribution in [-0.2, 0) is 9.05 Å². The molecule has 0 bridgehead atoms. The molecule has 1 aromatic rings. The highest BCUT2D eigenvalue weighted by Gasteiger charge is 2.66. The van der Waals surface area contributed by atoms with Crippen molar-refractivity contribution in [2.24, 2.45) is 0 Å². The Bertz CT molecular complexity index is 589. The smallest absolute Gasteiger partial charge is 0.207 e. The lowest BCUT2D eigenvalue weighted by molar-refractivity contribution is -0.0887. The Kier molecular flexibility index (Phi) is 4.38. The second kappa shape index (κ2) is 5.06. The van der Waals surface area contributed by atoms with E-state index in [2.05, 4.69) is 10.7 Å². The molecule has 0 spiro atoms. The Labute approximate surface area is 112 Å². The average molecular weight is 345 g/mol. The molecule has 0 amide bonds. The number of rotatable bonds is 4. The summed E-state index contributed by atoms with van der Waals surface area (Å²) in [6.45, 7) is 0. The van der Waals surface area contributed by atoms with Gasteiger partial charge in [0, 0.05) is 21.6 Å². The molecule has 11 heteroatoms. The first-order valence-electron chi connectivity index (χ1n) is 4.22. The molecule has 1 rings (SSSR count). The first kappa shape index (κ1) is 16.4. The van der Waals surface area contributed by atoms with Crippen molar-refractivity contribution in [2.45, 2.75) is 15.4 Å². The lowest BCUT2D eigenvalue weighted by Crippen LogP contribution is -2.42. The lowest BCUT2D eigenvalue weighted by atomic mass is 10.3. The molecular formula is C8H3ClF6O2S2. The molecule has 0 heterocycles. The van der Waals surface area contributed by atoms with Gasteiger partial charge in [0.1, 0.15) is 11.6 Å². The van der Waals surface area contributed by atoms with Crippen molar-refractivity contribution < 1.29 is 34.8 Å². The maximum absolute atomic E-state index is 13.2. The highest BCUT2D eigenvalue weighted by atomic mass is 35.7. The van der Waals surface area contributed by atoms with Gasteiger partial charge < -0.3 is 0 Å². The predicted octanol–water partition coefficient (Wildman–Crippen LogP) is 3.81. The molecule has 0 saturated carbocycles. The highest BCUT2D eigenvalue weighted by molar-refractivity contribution is 8.15. The lowest BCUT2D eigenvalue weighted by Gasteiger charge is -2.23. The molecule has 0 unspecified atom stereocenters. The summed E-state index contributed by atoms with van der Waals surface area (Å²) in [7, 11) is -1.71. The van der Waals surface area contributed by atoms with Crippen molar-refractivity contribution in [3.63, 3.8) is 0 Å². The van der Waals surface area contributed by atoms with Gasteiger partial charge in [-0.1, -0.05) is 0 Å². The van der Waals surface area contributed by atoms with Crippen LogP contribution in [0.4, 0.5) is 26.3 Å². The van der Waals surface area contributed by atoms with Crippen LogP contribution in [0.5, 0.6) is 0 Å². The molecule has 2 nitrogen and oxygen atoms in total. The topological polar surface area (TPSA) is 34.1 Å². The Morgan fingerprint density at radius 3 is 2.05 bits per heavy atom. The van der Waals surface area contributed by atoms with Gasteiger partial charge in [-0.05, 0) is 23.9 Å². The summed E-state index contributed by atoms with van der Waals surface area (Å²) in [5.74, 6) is -2.64. The molecule has 0 aromatic heterocycles. The number of alkyl halides is 4. The summed E-state index contributed by atoms with van der Waals surface area (Å²) in [6.07, 6.45) is 0. The summed E-state index contributed by atoms with van der Waals surface area (Å²) in [5.41, 5.74) is 0. The SMILES string of the molecule is O=S(=O)(Cl)C(F)(F)C(F)(F)Sc1ccc(F)cc1F. The van der Waals surface area contributed by atoms with Crippen LogP contribution in [0.25, 0.3) is 0 Å². The summed E-state index contributed by atoms with van der Waals surface area (Å²) in [6, 6.07) is 1.21. The van der Waals surface area contributed by atoms with Crippen LogP contribution in [0.15, 0.2) is 23.1 Å². The first-order valence-corrected chi connectivity index (χ1v) is 7.35. The maximum atomic E-state index is 13.2. The third-order valence-electron chi connectivity index (χ3n) is 1.78. The van der Waals surface area contributed by atoms with Gasteiger partial charge in [-0.2, -0.15) is 17.6 Å². The van der Waals surface area contributed by atoms with Crippen molar-refractivity contribution in [1.82, 2.24) is 0 Å². The first-order chi connectivity index (χ1) is 8.38. The Hall–Kier alpha value is -0.610. The monoisotopic (exact) mass is 344 g/mol. The van der Waals surface area contributed by atoms with Crippen LogP contribution in [0.2, 0.25) is 0 Å². The largest absolute Gasteiger partial charge is 0.431 e. The van der Waals surface area contributed by atoms with Gasteiger partial charge >= 0.3 is 19.6 Å². The van der Waals surface area contributed by atoms with E-state index in [0.717, 1.165) is 0 Å². The fourth-order valence-electron chi connectivity index (χ4n) is 0.897. The second-order valence-corrected chi connectivity index (χ2v) is 6.91. The van der Waals surface area contributed by atoms with E-state index in [1.54, 1.807) is 0 Å². The van der Waals surface area contributed by atoms with Crippen molar-refractivity contribution >= 4 is 31.5 Å².